The molecule has 0 bridgehead atoms. The molecule has 3 aliphatic rings. The van der Waals surface area contributed by atoms with Gasteiger partial charge in [-0.3, -0.25) is 4.79 Å². The Morgan fingerprint density at radius 3 is 2.26 bits per heavy atom. The summed E-state index contributed by atoms with van der Waals surface area (Å²) in [6.45, 7) is 5.15. The van der Waals surface area contributed by atoms with E-state index in [2.05, 4.69) is 28.9 Å². The van der Waals surface area contributed by atoms with Crippen LogP contribution in [0.4, 0.5) is 5.13 Å². The standard InChI is InChI=1S/C20H32N4O2S/c1-13-18(27-20(21-13)24-5-7-26-8-6-24)19(25)23(4)17-11-14-9-16(22(2)3)10-15(14)12-17/h14-17H,5-12H2,1-4H3/t14-,15+,16?,17?. The average Bonchev–Trinajstić information content (AvgIpc) is 3.34. The maximum atomic E-state index is 13.2. The molecule has 27 heavy (non-hydrogen) atoms. The van der Waals surface area contributed by atoms with Crippen LogP contribution < -0.4 is 4.90 Å². The quantitative estimate of drug-likeness (QED) is 0.788. The Hall–Kier alpha value is -1.18. The van der Waals surface area contributed by atoms with E-state index in [1.165, 1.54) is 12.8 Å². The molecule has 150 valence electrons. The highest BCUT2D eigenvalue weighted by molar-refractivity contribution is 7.17. The van der Waals surface area contributed by atoms with Crippen molar-refractivity contribution >= 4 is 22.4 Å². The largest absolute Gasteiger partial charge is 0.378 e. The number of carbonyl (C=O) groups excluding carboxylic acids is 1. The molecule has 2 aliphatic carbocycles. The van der Waals surface area contributed by atoms with Crippen LogP contribution in [0.1, 0.15) is 41.0 Å². The summed E-state index contributed by atoms with van der Waals surface area (Å²) in [5.41, 5.74) is 0.865. The molecular weight excluding hydrogens is 360 g/mol. The number of hydrogen-bond acceptors (Lipinski definition) is 6. The first-order valence-electron chi connectivity index (χ1n) is 10.2. The van der Waals surface area contributed by atoms with Gasteiger partial charge in [-0.25, -0.2) is 4.98 Å². The Labute approximate surface area is 166 Å². The zero-order valence-electron chi connectivity index (χ0n) is 17.0. The van der Waals surface area contributed by atoms with Gasteiger partial charge in [0.2, 0.25) is 0 Å². The summed E-state index contributed by atoms with van der Waals surface area (Å²) in [6.07, 6.45) is 4.89. The smallest absolute Gasteiger partial charge is 0.265 e. The van der Waals surface area contributed by atoms with Crippen LogP contribution in [0.15, 0.2) is 0 Å². The third kappa shape index (κ3) is 3.74. The van der Waals surface area contributed by atoms with Crippen molar-refractivity contribution in [3.8, 4) is 0 Å². The molecule has 0 N–H and O–H groups in total. The number of hydrogen-bond donors (Lipinski definition) is 0. The second kappa shape index (κ2) is 7.68. The third-order valence-electron chi connectivity index (χ3n) is 6.83. The zero-order valence-corrected chi connectivity index (χ0v) is 17.8. The number of rotatable bonds is 4. The molecular formula is C20H32N4O2S. The highest BCUT2D eigenvalue weighted by Crippen LogP contribution is 2.46. The Morgan fingerprint density at radius 1 is 1.07 bits per heavy atom. The third-order valence-corrected chi connectivity index (χ3v) is 8.03. The summed E-state index contributed by atoms with van der Waals surface area (Å²) in [7, 11) is 6.37. The fraction of sp³-hybridized carbons (Fsp3) is 0.800. The minimum Gasteiger partial charge on any atom is -0.378 e. The van der Waals surface area contributed by atoms with E-state index in [-0.39, 0.29) is 5.91 Å². The SMILES string of the molecule is Cc1nc(N2CCOCC2)sc1C(=O)N(C)C1C[C@H]2CC(N(C)C)C[C@H]2C1. The summed E-state index contributed by atoms with van der Waals surface area (Å²) in [6, 6.07) is 1.10. The van der Waals surface area contributed by atoms with Crippen molar-refractivity contribution in [2.24, 2.45) is 11.8 Å². The monoisotopic (exact) mass is 392 g/mol. The Kier molecular flexibility index (Phi) is 5.45. The number of anilines is 1. The molecule has 1 aromatic rings. The summed E-state index contributed by atoms with van der Waals surface area (Å²) < 4.78 is 5.43. The van der Waals surface area contributed by atoms with E-state index in [9.17, 15) is 4.79 Å². The molecule has 3 fully saturated rings. The molecule has 0 aromatic carbocycles. The van der Waals surface area contributed by atoms with Gasteiger partial charge >= 0.3 is 0 Å². The molecule has 0 radical (unpaired) electrons. The first kappa shape index (κ1) is 19.2. The molecule has 4 rings (SSSR count). The highest BCUT2D eigenvalue weighted by atomic mass is 32.1. The second-order valence-corrected chi connectivity index (χ2v) is 9.64. The van der Waals surface area contributed by atoms with Gasteiger partial charge in [-0.05, 0) is 58.5 Å². The van der Waals surface area contributed by atoms with Crippen molar-refractivity contribution in [1.82, 2.24) is 14.8 Å². The molecule has 0 spiro atoms. The molecule has 1 aromatic heterocycles. The van der Waals surface area contributed by atoms with E-state index in [4.69, 9.17) is 4.74 Å². The van der Waals surface area contributed by atoms with Crippen LogP contribution in [0.25, 0.3) is 0 Å². The van der Waals surface area contributed by atoms with Crippen LogP contribution in [0.3, 0.4) is 0 Å². The van der Waals surface area contributed by atoms with Crippen LogP contribution >= 0.6 is 11.3 Å². The predicted octanol–water partition coefficient (Wildman–Crippen LogP) is 2.48. The Morgan fingerprint density at radius 2 is 1.67 bits per heavy atom. The van der Waals surface area contributed by atoms with Crippen molar-refractivity contribution in [2.45, 2.75) is 44.7 Å². The molecule has 2 unspecified atom stereocenters. The number of nitrogens with zero attached hydrogens (tertiary/aromatic N) is 4. The zero-order chi connectivity index (χ0) is 19.1. The molecule has 2 saturated carbocycles. The molecule has 4 atom stereocenters. The number of aryl methyl sites for hydroxylation is 1. The van der Waals surface area contributed by atoms with Crippen LogP contribution in [-0.2, 0) is 4.74 Å². The molecule has 1 saturated heterocycles. The van der Waals surface area contributed by atoms with Crippen LogP contribution in [0, 0.1) is 18.8 Å². The van der Waals surface area contributed by atoms with Crippen molar-refractivity contribution in [2.75, 3.05) is 52.3 Å². The number of fused-ring (bicyclic) bond motifs is 1. The Balaban J connectivity index is 1.41. The number of morpholine rings is 1. The maximum Gasteiger partial charge on any atom is 0.265 e. The first-order chi connectivity index (χ1) is 12.9. The van der Waals surface area contributed by atoms with Gasteiger partial charge in [0.1, 0.15) is 4.88 Å². The molecule has 6 nitrogen and oxygen atoms in total. The van der Waals surface area contributed by atoms with E-state index in [1.54, 1.807) is 11.3 Å². The molecule has 2 heterocycles. The topological polar surface area (TPSA) is 48.9 Å². The van der Waals surface area contributed by atoms with Gasteiger partial charge in [0, 0.05) is 32.2 Å². The van der Waals surface area contributed by atoms with E-state index in [1.807, 2.05) is 18.9 Å². The number of thiazole rings is 1. The van der Waals surface area contributed by atoms with Crippen LogP contribution in [0.2, 0.25) is 0 Å². The normalized spacial score (nSPS) is 30.8. The van der Waals surface area contributed by atoms with E-state index in [0.29, 0.717) is 6.04 Å². The number of carbonyl (C=O) groups is 1. The van der Waals surface area contributed by atoms with Gasteiger partial charge in [-0.2, -0.15) is 0 Å². The van der Waals surface area contributed by atoms with Gasteiger partial charge < -0.3 is 19.4 Å². The van der Waals surface area contributed by atoms with Gasteiger partial charge in [-0.1, -0.05) is 11.3 Å². The van der Waals surface area contributed by atoms with Crippen molar-refractivity contribution in [1.29, 1.82) is 0 Å². The summed E-state index contributed by atoms with van der Waals surface area (Å²) in [5, 5.41) is 0.963. The lowest BCUT2D eigenvalue weighted by Crippen LogP contribution is -2.36. The summed E-state index contributed by atoms with van der Waals surface area (Å²) in [5.74, 6) is 1.71. The van der Waals surface area contributed by atoms with Gasteiger partial charge in [0.25, 0.3) is 5.91 Å². The average molecular weight is 393 g/mol. The maximum absolute atomic E-state index is 13.2. The van der Waals surface area contributed by atoms with E-state index >= 15 is 0 Å². The molecule has 7 heteroatoms. The molecule has 1 amide bonds. The number of ether oxygens (including phenoxy) is 1. The van der Waals surface area contributed by atoms with Gasteiger partial charge in [-0.15, -0.1) is 0 Å². The van der Waals surface area contributed by atoms with Crippen molar-refractivity contribution in [3.05, 3.63) is 10.6 Å². The van der Waals surface area contributed by atoms with Crippen LogP contribution in [0.5, 0.6) is 0 Å². The Bertz CT molecular complexity index is 672. The van der Waals surface area contributed by atoms with Crippen molar-refractivity contribution in [3.63, 3.8) is 0 Å². The highest BCUT2D eigenvalue weighted by Gasteiger charge is 2.44. The number of amides is 1. The lowest BCUT2D eigenvalue weighted by molar-refractivity contribution is 0.0730. The minimum absolute atomic E-state index is 0.152. The van der Waals surface area contributed by atoms with Gasteiger partial charge in [0.15, 0.2) is 5.13 Å². The lowest BCUT2D eigenvalue weighted by Gasteiger charge is -2.27. The predicted molar refractivity (Wildman–Crippen MR) is 109 cm³/mol. The molecule has 1 aliphatic heterocycles. The second-order valence-electron chi connectivity index (χ2n) is 8.66. The minimum atomic E-state index is 0.152. The van der Waals surface area contributed by atoms with E-state index in [0.717, 1.165) is 72.7 Å². The summed E-state index contributed by atoms with van der Waals surface area (Å²) in [4.78, 5) is 25.3. The van der Waals surface area contributed by atoms with Gasteiger partial charge in [0.05, 0.1) is 18.9 Å². The summed E-state index contributed by atoms with van der Waals surface area (Å²) >= 11 is 1.55. The fourth-order valence-electron chi connectivity index (χ4n) is 5.09. The lowest BCUT2D eigenvalue weighted by atomic mass is 10.0. The first-order valence-corrected chi connectivity index (χ1v) is 11.0. The van der Waals surface area contributed by atoms with Crippen LogP contribution in [-0.4, -0.2) is 80.2 Å². The fourth-order valence-corrected chi connectivity index (χ4v) is 6.19. The van der Waals surface area contributed by atoms with Crippen molar-refractivity contribution < 1.29 is 9.53 Å². The number of aromatic nitrogens is 1. The van der Waals surface area contributed by atoms with E-state index < -0.39 is 0 Å².